The quantitative estimate of drug-likeness (QED) is 0.485. The van der Waals surface area contributed by atoms with Gasteiger partial charge >= 0.3 is 0 Å². The van der Waals surface area contributed by atoms with Crippen LogP contribution in [0.15, 0.2) is 72.8 Å². The molecular formula is C24H24CrO6. The van der Waals surface area contributed by atoms with Crippen LogP contribution in [-0.2, 0) is 17.4 Å². The summed E-state index contributed by atoms with van der Waals surface area (Å²) < 4.78 is 0. The number of carbonyl (C=O) groups excluding carboxylic acids is 3. The Morgan fingerprint density at radius 2 is 0.677 bits per heavy atom. The predicted molar refractivity (Wildman–Crippen MR) is 114 cm³/mol. The molecule has 0 radical (unpaired) electrons. The summed E-state index contributed by atoms with van der Waals surface area (Å²) in [5.74, 6) is -0.186. The van der Waals surface area contributed by atoms with Crippen molar-refractivity contribution in [3.63, 3.8) is 0 Å². The third-order valence-electron chi connectivity index (χ3n) is 3.85. The molecular weight excluding hydrogens is 436 g/mol. The van der Waals surface area contributed by atoms with Crippen LogP contribution in [0.5, 0.6) is 17.2 Å². The first-order valence-electron chi connectivity index (χ1n) is 9.02. The molecule has 162 valence electrons. The van der Waals surface area contributed by atoms with Gasteiger partial charge in [0.05, 0.1) is 16.7 Å². The molecule has 3 N–H and O–H groups in total. The normalized spacial score (nSPS) is 9.00. The van der Waals surface area contributed by atoms with E-state index in [0.29, 0.717) is 16.7 Å². The van der Waals surface area contributed by atoms with Crippen LogP contribution < -0.4 is 0 Å². The first-order valence-corrected chi connectivity index (χ1v) is 9.02. The van der Waals surface area contributed by atoms with Crippen molar-refractivity contribution in [2.75, 3.05) is 0 Å². The fourth-order valence-corrected chi connectivity index (χ4v) is 2.31. The third kappa shape index (κ3) is 9.30. The van der Waals surface area contributed by atoms with Crippen LogP contribution in [0.1, 0.15) is 51.8 Å². The molecule has 0 aliphatic rings. The number of hydrogen-bond donors (Lipinski definition) is 3. The number of benzene rings is 3. The number of para-hydroxylation sites is 3. The minimum atomic E-state index is -0.113. The Hall–Kier alpha value is -3.40. The fraction of sp³-hybridized carbons (Fsp3) is 0.125. The zero-order valence-electron chi connectivity index (χ0n) is 17.4. The average Bonchev–Trinajstić information content (AvgIpc) is 2.69. The molecule has 3 aromatic rings. The first kappa shape index (κ1) is 27.6. The monoisotopic (exact) mass is 460 g/mol. The topological polar surface area (TPSA) is 112 Å². The standard InChI is InChI=1S/3C8H8O2.Cr/c3*1-6(9)7-4-2-3-5-8(7)10;/h3*2-5,10H,1H3;. The summed E-state index contributed by atoms with van der Waals surface area (Å²) in [6.45, 7) is 4.28. The smallest absolute Gasteiger partial charge is 0.163 e. The van der Waals surface area contributed by atoms with E-state index in [1.807, 2.05) is 0 Å². The van der Waals surface area contributed by atoms with Crippen LogP contribution in [-0.4, -0.2) is 32.7 Å². The Morgan fingerprint density at radius 3 is 0.806 bits per heavy atom. The molecule has 0 aliphatic heterocycles. The molecule has 0 saturated carbocycles. The van der Waals surface area contributed by atoms with Crippen molar-refractivity contribution in [1.29, 1.82) is 0 Å². The number of phenolic OH excluding ortho intramolecular Hbond substituents is 3. The summed E-state index contributed by atoms with van der Waals surface area (Å²) in [5, 5.41) is 27.2. The van der Waals surface area contributed by atoms with Crippen LogP contribution in [0.25, 0.3) is 0 Å². The van der Waals surface area contributed by atoms with E-state index in [4.69, 9.17) is 15.3 Å². The van der Waals surface area contributed by atoms with E-state index in [-0.39, 0.29) is 52.0 Å². The van der Waals surface area contributed by atoms with E-state index in [1.54, 1.807) is 54.6 Å². The second-order valence-electron chi connectivity index (χ2n) is 6.22. The summed E-state index contributed by atoms with van der Waals surface area (Å²) >= 11 is 0. The van der Waals surface area contributed by atoms with E-state index in [9.17, 15) is 14.4 Å². The number of hydrogen-bond acceptors (Lipinski definition) is 6. The molecule has 0 atom stereocenters. The second-order valence-corrected chi connectivity index (χ2v) is 6.22. The first-order chi connectivity index (χ1) is 14.1. The molecule has 0 fully saturated rings. The molecule has 6 nitrogen and oxygen atoms in total. The van der Waals surface area contributed by atoms with Crippen LogP contribution in [0.4, 0.5) is 0 Å². The van der Waals surface area contributed by atoms with Crippen molar-refractivity contribution in [2.24, 2.45) is 0 Å². The molecule has 0 aliphatic carbocycles. The van der Waals surface area contributed by atoms with Crippen molar-refractivity contribution < 1.29 is 47.1 Å². The summed E-state index contributed by atoms with van der Waals surface area (Å²) in [4.78, 5) is 32.1. The molecule has 0 bridgehead atoms. The molecule has 0 amide bonds. The van der Waals surface area contributed by atoms with Gasteiger partial charge in [-0.15, -0.1) is 0 Å². The maximum absolute atomic E-state index is 10.7. The van der Waals surface area contributed by atoms with Crippen LogP contribution in [0.2, 0.25) is 0 Å². The maximum atomic E-state index is 10.7. The van der Waals surface area contributed by atoms with Crippen molar-refractivity contribution in [3.8, 4) is 17.2 Å². The average molecular weight is 460 g/mol. The number of aromatic hydroxyl groups is 3. The van der Waals surface area contributed by atoms with E-state index in [1.165, 1.54) is 39.0 Å². The Balaban J connectivity index is 0.000000429. The van der Waals surface area contributed by atoms with Crippen LogP contribution >= 0.6 is 0 Å². The zero-order chi connectivity index (χ0) is 22.7. The van der Waals surface area contributed by atoms with Gasteiger partial charge in [-0.3, -0.25) is 14.4 Å². The minimum Gasteiger partial charge on any atom is -0.507 e. The Kier molecular flexibility index (Phi) is 12.2. The van der Waals surface area contributed by atoms with Gasteiger partial charge in [0.25, 0.3) is 0 Å². The van der Waals surface area contributed by atoms with E-state index in [0.717, 1.165) is 0 Å². The summed E-state index contributed by atoms with van der Waals surface area (Å²) in [5.41, 5.74) is 1.13. The van der Waals surface area contributed by atoms with Gasteiger partial charge in [-0.25, -0.2) is 0 Å². The van der Waals surface area contributed by atoms with Crippen LogP contribution in [0.3, 0.4) is 0 Å². The van der Waals surface area contributed by atoms with Crippen LogP contribution in [0, 0.1) is 0 Å². The fourth-order valence-electron chi connectivity index (χ4n) is 2.31. The van der Waals surface area contributed by atoms with E-state index < -0.39 is 0 Å². The molecule has 0 aromatic heterocycles. The molecule has 31 heavy (non-hydrogen) atoms. The van der Waals surface area contributed by atoms with E-state index in [2.05, 4.69) is 0 Å². The van der Waals surface area contributed by atoms with E-state index >= 15 is 0 Å². The minimum absolute atomic E-state index is 0. The van der Waals surface area contributed by atoms with Gasteiger partial charge in [0, 0.05) is 17.4 Å². The maximum Gasteiger partial charge on any atom is 0.163 e. The van der Waals surface area contributed by atoms with Gasteiger partial charge in [-0.2, -0.15) is 0 Å². The van der Waals surface area contributed by atoms with Gasteiger partial charge in [-0.05, 0) is 57.2 Å². The van der Waals surface area contributed by atoms with Gasteiger partial charge in [0.2, 0.25) is 0 Å². The Morgan fingerprint density at radius 1 is 0.484 bits per heavy atom. The molecule has 3 aromatic carbocycles. The number of rotatable bonds is 3. The largest absolute Gasteiger partial charge is 0.507 e. The van der Waals surface area contributed by atoms with Gasteiger partial charge in [0.1, 0.15) is 17.2 Å². The number of ketones is 3. The Bertz CT molecular complexity index is 898. The van der Waals surface area contributed by atoms with Crippen molar-refractivity contribution in [2.45, 2.75) is 20.8 Å². The zero-order valence-corrected chi connectivity index (χ0v) is 18.7. The van der Waals surface area contributed by atoms with Gasteiger partial charge < -0.3 is 15.3 Å². The predicted octanol–water partition coefficient (Wildman–Crippen LogP) is 4.78. The van der Waals surface area contributed by atoms with Crippen molar-refractivity contribution in [1.82, 2.24) is 0 Å². The third-order valence-corrected chi connectivity index (χ3v) is 3.85. The summed E-state index contributed by atoms with van der Waals surface area (Å²) in [6.07, 6.45) is 0. The molecule has 0 spiro atoms. The number of Topliss-reactive ketones (excluding diaryl/α,β-unsaturated/α-hetero) is 3. The van der Waals surface area contributed by atoms with Gasteiger partial charge in [0.15, 0.2) is 17.3 Å². The summed E-state index contributed by atoms with van der Waals surface area (Å²) in [6, 6.07) is 19.5. The SMILES string of the molecule is CC(=O)c1ccccc1O.CC(=O)c1ccccc1O.CC(=O)c1ccccc1O.[Cr]. The number of carbonyl (C=O) groups is 3. The number of phenols is 3. The Labute approximate surface area is 191 Å². The second kappa shape index (κ2) is 13.8. The molecule has 0 saturated heterocycles. The summed E-state index contributed by atoms with van der Waals surface area (Å²) in [7, 11) is 0. The van der Waals surface area contributed by atoms with Crippen molar-refractivity contribution >= 4 is 17.3 Å². The molecule has 0 heterocycles. The van der Waals surface area contributed by atoms with Gasteiger partial charge in [-0.1, -0.05) is 36.4 Å². The van der Waals surface area contributed by atoms with Crippen molar-refractivity contribution in [3.05, 3.63) is 89.5 Å². The molecule has 3 rings (SSSR count). The molecule has 7 heteroatoms. The molecule has 0 unspecified atom stereocenters.